The second kappa shape index (κ2) is 7.88. The maximum absolute atomic E-state index is 11.1. The second-order valence-electron chi connectivity index (χ2n) is 2.42. The molecule has 1 atom stereocenters. The van der Waals surface area contributed by atoms with E-state index in [1.165, 1.54) is 12.1 Å². The topological polar surface area (TPSA) is 52.6 Å². The number of benzene rings is 1. The molecule has 1 N–H and O–H groups in total. The molecule has 1 unspecified atom stereocenters. The Morgan fingerprint density at radius 3 is 2.07 bits per heavy atom. The SMILES string of the molecule is Cc1ccc(S(=O)(=[OH+])[N-]Cl)cc1.[Cl][Pt][Cl]. The molecule has 0 bridgehead atoms. The maximum atomic E-state index is 11.1. The molecule has 0 fully saturated rings. The Morgan fingerprint density at radius 1 is 1.33 bits per heavy atom. The van der Waals surface area contributed by atoms with Gasteiger partial charge >= 0.3 is 35.3 Å². The number of nitrogens with zero attached hydrogens (tertiary/aromatic N) is 1. The standard InChI is InChI=1S/C7H7ClNO2S.2ClH.Pt/c1-6-2-4-7(5-3-6)12(10,11)9-8;;;/h2-5H,1H3;2*1H;/q-1;;;+2/p-1. The summed E-state index contributed by atoms with van der Waals surface area (Å²) in [4.78, 5) is 0.225. The Bertz CT molecular complexity index is 382. The third-order valence-electron chi connectivity index (χ3n) is 1.42. The van der Waals surface area contributed by atoms with Crippen LogP contribution < -0.4 is 0 Å². The first-order valence-electron chi connectivity index (χ1n) is 3.47. The Hall–Kier alpha value is 0.688. The number of halogens is 3. The Labute approximate surface area is 111 Å². The van der Waals surface area contributed by atoms with Gasteiger partial charge in [0, 0.05) is 0 Å². The summed E-state index contributed by atoms with van der Waals surface area (Å²) in [5.41, 5.74) is 1.02. The summed E-state index contributed by atoms with van der Waals surface area (Å²) >= 11 is 4.49. The van der Waals surface area contributed by atoms with E-state index in [4.69, 9.17) is 34.8 Å². The van der Waals surface area contributed by atoms with E-state index in [-0.39, 0.29) is 4.90 Å². The molecule has 90 valence electrons. The molecule has 0 aromatic heterocycles. The molecule has 0 aliphatic carbocycles. The van der Waals surface area contributed by atoms with Gasteiger partial charge in [-0.3, -0.25) is 11.8 Å². The quantitative estimate of drug-likeness (QED) is 0.606. The van der Waals surface area contributed by atoms with Crippen molar-refractivity contribution in [2.45, 2.75) is 11.8 Å². The van der Waals surface area contributed by atoms with E-state index in [0.29, 0.717) is 0 Å². The monoisotopic (exact) mass is 470 g/mol. The predicted octanol–water partition coefficient (Wildman–Crippen LogP) is 3.74. The third kappa shape index (κ3) is 6.10. The van der Waals surface area contributed by atoms with Crippen molar-refractivity contribution in [3.05, 3.63) is 34.1 Å². The van der Waals surface area contributed by atoms with E-state index in [1.807, 2.05) is 6.92 Å². The summed E-state index contributed by atoms with van der Waals surface area (Å²) in [6.07, 6.45) is 0. The molecule has 0 radical (unpaired) electrons. The number of aryl methyl sites for hydroxylation is 1. The van der Waals surface area contributed by atoms with Gasteiger partial charge in [0.2, 0.25) is 10.0 Å². The molecule has 1 aromatic carbocycles. The molecule has 3 nitrogen and oxygen atoms in total. The molecule has 0 saturated carbocycles. The first-order chi connectivity index (χ1) is 6.97. The zero-order valence-corrected chi connectivity index (χ0v) is 12.8. The molecule has 0 amide bonds. The first kappa shape index (κ1) is 15.7. The predicted molar refractivity (Wildman–Crippen MR) is 60.4 cm³/mol. The minimum atomic E-state index is -3.37. The summed E-state index contributed by atoms with van der Waals surface area (Å²) in [6, 6.07) is 6.52. The van der Waals surface area contributed by atoms with Gasteiger partial charge in [-0.1, -0.05) is 17.7 Å². The van der Waals surface area contributed by atoms with Crippen LogP contribution in [0.3, 0.4) is 0 Å². The van der Waals surface area contributed by atoms with Crippen LogP contribution in [-0.2, 0) is 26.5 Å². The van der Waals surface area contributed by atoms with Gasteiger partial charge in [-0.15, -0.1) is 0 Å². The summed E-state index contributed by atoms with van der Waals surface area (Å²) in [6.45, 7) is 1.89. The first-order valence-corrected chi connectivity index (χ1v) is 10.9. The summed E-state index contributed by atoms with van der Waals surface area (Å²) in [5, 5.41) is 0. The van der Waals surface area contributed by atoms with Crippen LogP contribution in [-0.4, -0.2) is 8.42 Å². The van der Waals surface area contributed by atoms with E-state index >= 15 is 0 Å². The zero-order chi connectivity index (χ0) is 11.9. The van der Waals surface area contributed by atoms with E-state index < -0.39 is 26.5 Å². The summed E-state index contributed by atoms with van der Waals surface area (Å²) in [7, 11) is 6.38. The molecular weight excluding hydrogens is 464 g/mol. The van der Waals surface area contributed by atoms with Gasteiger partial charge < -0.3 is 4.24 Å². The summed E-state index contributed by atoms with van der Waals surface area (Å²) < 4.78 is 23.1. The molecule has 15 heavy (non-hydrogen) atoms. The van der Waals surface area contributed by atoms with Crippen molar-refractivity contribution in [1.29, 1.82) is 0 Å². The molecule has 0 saturated heterocycles. The van der Waals surface area contributed by atoms with Crippen molar-refractivity contribution in [3.63, 3.8) is 0 Å². The van der Waals surface area contributed by atoms with Crippen molar-refractivity contribution in [2.75, 3.05) is 0 Å². The van der Waals surface area contributed by atoms with Crippen LogP contribution in [0.4, 0.5) is 0 Å². The van der Waals surface area contributed by atoms with E-state index in [1.54, 1.807) is 12.1 Å². The van der Waals surface area contributed by atoms with Crippen LogP contribution in [0.15, 0.2) is 29.2 Å². The molecule has 8 heteroatoms. The van der Waals surface area contributed by atoms with Crippen LogP contribution >= 0.6 is 30.6 Å². The van der Waals surface area contributed by atoms with E-state index in [9.17, 15) is 4.21 Å². The molecule has 0 heterocycles. The average Bonchev–Trinajstić information content (AvgIpc) is 2.20. The zero-order valence-electron chi connectivity index (χ0n) is 7.47. The Balaban J connectivity index is 0.000000583. The number of hydrogen-bond acceptors (Lipinski definition) is 1. The van der Waals surface area contributed by atoms with Gasteiger partial charge in [-0.05, 0) is 19.1 Å². The van der Waals surface area contributed by atoms with Crippen molar-refractivity contribution in [2.24, 2.45) is 0 Å². The van der Waals surface area contributed by atoms with E-state index in [0.717, 1.165) is 5.56 Å². The van der Waals surface area contributed by atoms with Crippen LogP contribution in [0.5, 0.6) is 0 Å². The van der Waals surface area contributed by atoms with Crippen molar-refractivity contribution in [3.8, 4) is 0 Å². The van der Waals surface area contributed by atoms with E-state index in [2.05, 4.69) is 4.24 Å². The van der Waals surface area contributed by atoms with Crippen molar-refractivity contribution >= 4 is 40.6 Å². The fourth-order valence-corrected chi connectivity index (χ4v) is 1.56. The van der Waals surface area contributed by atoms with Gasteiger partial charge in [0.05, 0.1) is 4.90 Å². The Morgan fingerprint density at radius 2 is 1.73 bits per heavy atom. The molecule has 0 aliphatic rings. The van der Waals surface area contributed by atoms with Gasteiger partial charge in [0.25, 0.3) is 0 Å². The second-order valence-corrected chi connectivity index (χ2v) is 7.72. The molecule has 0 aliphatic heterocycles. The van der Waals surface area contributed by atoms with Gasteiger partial charge in [0.15, 0.2) is 0 Å². The van der Waals surface area contributed by atoms with Crippen LogP contribution in [0.1, 0.15) is 5.56 Å². The van der Waals surface area contributed by atoms with Gasteiger partial charge in [0.1, 0.15) is 0 Å². The fourth-order valence-electron chi connectivity index (χ4n) is 0.755. The molecule has 1 rings (SSSR count). The van der Waals surface area contributed by atoms with Crippen LogP contribution in [0.2, 0.25) is 0 Å². The summed E-state index contributed by atoms with van der Waals surface area (Å²) in [5.74, 6) is 0. The fraction of sp³-hybridized carbons (Fsp3) is 0.143. The Kier molecular flexibility index (Phi) is 8.24. The van der Waals surface area contributed by atoms with Gasteiger partial charge in [-0.2, -0.15) is 4.21 Å². The van der Waals surface area contributed by atoms with Crippen molar-refractivity contribution < 1.29 is 24.9 Å². The van der Waals surface area contributed by atoms with Crippen LogP contribution in [0, 0.1) is 6.92 Å². The molecule has 0 spiro atoms. The number of hydrogen-bond donors (Lipinski definition) is 0. The van der Waals surface area contributed by atoms with Crippen molar-refractivity contribution in [1.82, 2.24) is 0 Å². The minimum absolute atomic E-state index is 0.225. The third-order valence-corrected chi connectivity index (χ3v) is 3.06. The average molecular weight is 472 g/mol. The molecular formula is C7H8Cl3NO2PtS. The van der Waals surface area contributed by atoms with Crippen LogP contribution in [0.25, 0.3) is 4.24 Å². The molecule has 1 aromatic rings. The number of rotatable bonds is 2. The van der Waals surface area contributed by atoms with Gasteiger partial charge in [-0.25, -0.2) is 4.21 Å². The normalized spacial score (nSPS) is 13.9.